The molecule has 1 aliphatic heterocycles. The summed E-state index contributed by atoms with van der Waals surface area (Å²) in [6.45, 7) is 1.83. The van der Waals surface area contributed by atoms with Gasteiger partial charge in [0.1, 0.15) is 5.82 Å². The molecule has 0 bridgehead atoms. The minimum absolute atomic E-state index is 0.0565. The summed E-state index contributed by atoms with van der Waals surface area (Å²) >= 11 is 9.20. The van der Waals surface area contributed by atoms with Crippen LogP contribution < -0.4 is 5.32 Å². The third kappa shape index (κ3) is 2.62. The second-order valence-corrected chi connectivity index (χ2v) is 6.64. The van der Waals surface area contributed by atoms with Crippen LogP contribution in [0.3, 0.4) is 0 Å². The Morgan fingerprint density at radius 2 is 1.85 bits per heavy atom. The Morgan fingerprint density at radius 3 is 2.40 bits per heavy atom. The van der Waals surface area contributed by atoms with E-state index in [2.05, 4.69) is 45.5 Å². The molecule has 104 valence electrons. The molecule has 2 aromatic rings. The van der Waals surface area contributed by atoms with Gasteiger partial charge in [0.2, 0.25) is 0 Å². The van der Waals surface area contributed by atoms with Crippen molar-refractivity contribution in [2.75, 3.05) is 13.1 Å². The van der Waals surface area contributed by atoms with Crippen LogP contribution in [0.15, 0.2) is 46.9 Å². The summed E-state index contributed by atoms with van der Waals surface area (Å²) in [4.78, 5) is 0. The fraction of sp³-hybridized carbons (Fsp3) is 0.250. The summed E-state index contributed by atoms with van der Waals surface area (Å²) < 4.78 is 14.6. The standard InChI is InChI=1S/C16H14BrClFN/c17-13-4-2-12(3-5-13)16(9-20-10-16)8-11-1-6-14(18)15(19)7-11/h1-7,20H,8-10H2. The highest BCUT2D eigenvalue weighted by Crippen LogP contribution is 2.33. The van der Waals surface area contributed by atoms with Gasteiger partial charge in [-0.2, -0.15) is 0 Å². The Bertz CT molecular complexity index is 623. The number of hydrogen-bond acceptors (Lipinski definition) is 1. The lowest BCUT2D eigenvalue weighted by molar-refractivity contribution is 0.274. The molecule has 1 heterocycles. The number of hydrogen-bond donors (Lipinski definition) is 1. The third-order valence-electron chi connectivity index (χ3n) is 3.91. The van der Waals surface area contributed by atoms with E-state index < -0.39 is 0 Å². The van der Waals surface area contributed by atoms with Crippen molar-refractivity contribution in [1.29, 1.82) is 0 Å². The summed E-state index contributed by atoms with van der Waals surface area (Å²) in [5.74, 6) is -0.345. The second-order valence-electron chi connectivity index (χ2n) is 5.32. The molecular weight excluding hydrogens is 341 g/mol. The van der Waals surface area contributed by atoms with E-state index in [4.69, 9.17) is 11.6 Å². The fourth-order valence-electron chi connectivity index (χ4n) is 2.70. The molecule has 1 saturated heterocycles. The van der Waals surface area contributed by atoms with Gasteiger partial charge in [0.05, 0.1) is 5.02 Å². The minimum Gasteiger partial charge on any atom is -0.315 e. The first kappa shape index (κ1) is 14.1. The van der Waals surface area contributed by atoms with Crippen LogP contribution in [0.1, 0.15) is 11.1 Å². The first-order chi connectivity index (χ1) is 9.59. The van der Waals surface area contributed by atoms with E-state index in [0.29, 0.717) is 0 Å². The van der Waals surface area contributed by atoms with Crippen LogP contribution in [0, 0.1) is 5.82 Å². The van der Waals surface area contributed by atoms with Gasteiger partial charge < -0.3 is 5.32 Å². The smallest absolute Gasteiger partial charge is 0.142 e. The average Bonchev–Trinajstić information content (AvgIpc) is 2.39. The number of nitrogens with one attached hydrogen (secondary N) is 1. The van der Waals surface area contributed by atoms with E-state index in [1.807, 2.05) is 6.07 Å². The number of rotatable bonds is 3. The lowest BCUT2D eigenvalue weighted by atomic mass is 9.71. The van der Waals surface area contributed by atoms with E-state index in [-0.39, 0.29) is 16.3 Å². The maximum absolute atomic E-state index is 13.6. The molecule has 0 unspecified atom stereocenters. The fourth-order valence-corrected chi connectivity index (χ4v) is 3.08. The lowest BCUT2D eigenvalue weighted by Crippen LogP contribution is -2.58. The number of benzene rings is 2. The van der Waals surface area contributed by atoms with Crippen LogP contribution in [0.25, 0.3) is 0 Å². The van der Waals surface area contributed by atoms with Crippen molar-refractivity contribution in [3.05, 3.63) is 68.9 Å². The Kier molecular flexibility index (Phi) is 3.85. The van der Waals surface area contributed by atoms with E-state index in [1.54, 1.807) is 12.1 Å². The minimum atomic E-state index is -0.345. The van der Waals surface area contributed by atoms with Gasteiger partial charge in [0.25, 0.3) is 0 Å². The van der Waals surface area contributed by atoms with E-state index in [0.717, 1.165) is 29.5 Å². The van der Waals surface area contributed by atoms with Gasteiger partial charge in [-0.1, -0.05) is 45.7 Å². The maximum atomic E-state index is 13.6. The van der Waals surface area contributed by atoms with Crippen LogP contribution >= 0.6 is 27.5 Å². The predicted molar refractivity (Wildman–Crippen MR) is 83.8 cm³/mol. The molecule has 20 heavy (non-hydrogen) atoms. The van der Waals surface area contributed by atoms with Crippen LogP contribution in [0.4, 0.5) is 4.39 Å². The zero-order valence-electron chi connectivity index (χ0n) is 10.8. The monoisotopic (exact) mass is 353 g/mol. The molecule has 1 aliphatic rings. The molecule has 1 fully saturated rings. The van der Waals surface area contributed by atoms with E-state index >= 15 is 0 Å². The summed E-state index contributed by atoms with van der Waals surface area (Å²) in [7, 11) is 0. The number of halogens is 3. The van der Waals surface area contributed by atoms with Crippen molar-refractivity contribution in [3.63, 3.8) is 0 Å². The predicted octanol–water partition coefficient (Wildman–Crippen LogP) is 4.33. The van der Waals surface area contributed by atoms with Crippen LogP contribution in [-0.4, -0.2) is 13.1 Å². The molecule has 0 aliphatic carbocycles. The summed E-state index contributed by atoms with van der Waals surface area (Å²) in [6, 6.07) is 13.5. The summed E-state index contributed by atoms with van der Waals surface area (Å²) in [5, 5.41) is 3.51. The molecule has 3 rings (SSSR count). The summed E-state index contributed by atoms with van der Waals surface area (Å²) in [6.07, 6.45) is 0.815. The van der Waals surface area contributed by atoms with Crippen molar-refractivity contribution in [2.45, 2.75) is 11.8 Å². The van der Waals surface area contributed by atoms with Gasteiger partial charge >= 0.3 is 0 Å². The highest BCUT2D eigenvalue weighted by Gasteiger charge is 2.38. The maximum Gasteiger partial charge on any atom is 0.142 e. The van der Waals surface area contributed by atoms with Gasteiger partial charge in [-0.15, -0.1) is 0 Å². The molecule has 0 atom stereocenters. The van der Waals surface area contributed by atoms with Crippen LogP contribution in [0.2, 0.25) is 5.02 Å². The molecule has 1 N–H and O–H groups in total. The van der Waals surface area contributed by atoms with Gasteiger partial charge in [-0.3, -0.25) is 0 Å². The zero-order chi connectivity index (χ0) is 14.2. The molecule has 0 amide bonds. The molecule has 4 heteroatoms. The molecule has 0 spiro atoms. The third-order valence-corrected chi connectivity index (χ3v) is 4.75. The zero-order valence-corrected chi connectivity index (χ0v) is 13.1. The van der Waals surface area contributed by atoms with E-state index in [9.17, 15) is 4.39 Å². The van der Waals surface area contributed by atoms with Gasteiger partial charge in [0.15, 0.2) is 0 Å². The van der Waals surface area contributed by atoms with Crippen molar-refractivity contribution < 1.29 is 4.39 Å². The lowest BCUT2D eigenvalue weighted by Gasteiger charge is -2.43. The summed E-state index contributed by atoms with van der Waals surface area (Å²) in [5.41, 5.74) is 2.33. The molecule has 0 aromatic heterocycles. The first-order valence-corrected chi connectivity index (χ1v) is 7.67. The van der Waals surface area contributed by atoms with Crippen molar-refractivity contribution in [3.8, 4) is 0 Å². The second kappa shape index (κ2) is 5.47. The van der Waals surface area contributed by atoms with Gasteiger partial charge in [-0.05, 0) is 41.8 Å². The molecule has 2 aromatic carbocycles. The normalized spacial score (nSPS) is 16.8. The van der Waals surface area contributed by atoms with Gasteiger partial charge in [-0.25, -0.2) is 4.39 Å². The first-order valence-electron chi connectivity index (χ1n) is 6.50. The molecular formula is C16H14BrClFN. The highest BCUT2D eigenvalue weighted by atomic mass is 79.9. The SMILES string of the molecule is Fc1cc(CC2(c3ccc(Br)cc3)CNC2)ccc1Cl. The van der Waals surface area contributed by atoms with Crippen LogP contribution in [-0.2, 0) is 11.8 Å². The molecule has 1 nitrogen and oxygen atoms in total. The largest absolute Gasteiger partial charge is 0.315 e. The molecule has 0 saturated carbocycles. The Hall–Kier alpha value is -0.900. The molecule has 0 radical (unpaired) electrons. The Morgan fingerprint density at radius 1 is 1.15 bits per heavy atom. The van der Waals surface area contributed by atoms with Crippen molar-refractivity contribution in [2.24, 2.45) is 0 Å². The topological polar surface area (TPSA) is 12.0 Å². The van der Waals surface area contributed by atoms with Crippen LogP contribution in [0.5, 0.6) is 0 Å². The van der Waals surface area contributed by atoms with Crippen molar-refractivity contribution in [1.82, 2.24) is 5.32 Å². The van der Waals surface area contributed by atoms with Crippen molar-refractivity contribution >= 4 is 27.5 Å². The quantitative estimate of drug-likeness (QED) is 0.865. The van der Waals surface area contributed by atoms with E-state index in [1.165, 1.54) is 5.56 Å². The average molecular weight is 355 g/mol. The Balaban J connectivity index is 1.89. The highest BCUT2D eigenvalue weighted by molar-refractivity contribution is 9.10. The Labute approximate surface area is 131 Å². The van der Waals surface area contributed by atoms with Gasteiger partial charge in [0, 0.05) is 23.0 Å².